The molecule has 0 aliphatic carbocycles. The standard InChI is InChI=1S/C15H18N2O3S/c1-10(18)16-6-7-21-14(15(19)20)8-11-9-17-13-5-3-2-4-12(11)13/h2-5,9,14,17H,6-8H2,1H3,(H,16,18)(H,19,20)/t14-/m0/s1. The van der Waals surface area contributed by atoms with E-state index in [0.29, 0.717) is 18.7 Å². The summed E-state index contributed by atoms with van der Waals surface area (Å²) in [5.41, 5.74) is 2.02. The Morgan fingerprint density at radius 2 is 2.14 bits per heavy atom. The molecule has 6 heteroatoms. The van der Waals surface area contributed by atoms with Crippen LogP contribution in [0.5, 0.6) is 0 Å². The number of aliphatic carboxylic acids is 1. The summed E-state index contributed by atoms with van der Waals surface area (Å²) in [6.45, 7) is 1.93. The topological polar surface area (TPSA) is 82.2 Å². The molecule has 0 saturated carbocycles. The second-order valence-electron chi connectivity index (χ2n) is 4.74. The number of carboxylic acids is 1. The first-order chi connectivity index (χ1) is 10.1. The molecule has 0 unspecified atom stereocenters. The van der Waals surface area contributed by atoms with E-state index >= 15 is 0 Å². The molecule has 0 saturated heterocycles. The molecule has 0 bridgehead atoms. The van der Waals surface area contributed by atoms with Crippen molar-refractivity contribution in [2.24, 2.45) is 0 Å². The first kappa shape index (κ1) is 15.4. The third-order valence-corrected chi connectivity index (χ3v) is 4.36. The molecule has 1 aromatic carbocycles. The number of carboxylic acid groups (broad SMARTS) is 1. The smallest absolute Gasteiger partial charge is 0.316 e. The number of para-hydroxylation sites is 1. The van der Waals surface area contributed by atoms with Gasteiger partial charge in [0.05, 0.1) is 0 Å². The van der Waals surface area contributed by atoms with Gasteiger partial charge in [-0.15, -0.1) is 11.8 Å². The summed E-state index contributed by atoms with van der Waals surface area (Å²) in [6.07, 6.45) is 2.33. The number of rotatable bonds is 7. The highest BCUT2D eigenvalue weighted by atomic mass is 32.2. The van der Waals surface area contributed by atoms with Crippen LogP contribution in [0.1, 0.15) is 12.5 Å². The van der Waals surface area contributed by atoms with Gasteiger partial charge in [0.2, 0.25) is 5.91 Å². The van der Waals surface area contributed by atoms with Crippen LogP contribution >= 0.6 is 11.8 Å². The van der Waals surface area contributed by atoms with Gasteiger partial charge < -0.3 is 15.4 Å². The van der Waals surface area contributed by atoms with Crippen LogP contribution in [0.3, 0.4) is 0 Å². The highest BCUT2D eigenvalue weighted by Crippen LogP contribution is 2.23. The van der Waals surface area contributed by atoms with E-state index in [4.69, 9.17) is 0 Å². The van der Waals surface area contributed by atoms with E-state index in [1.807, 2.05) is 30.5 Å². The summed E-state index contributed by atoms with van der Waals surface area (Å²) in [4.78, 5) is 25.3. The Kier molecular flexibility index (Phi) is 5.27. The van der Waals surface area contributed by atoms with Gasteiger partial charge in [0.25, 0.3) is 0 Å². The number of benzene rings is 1. The number of hydrogen-bond acceptors (Lipinski definition) is 3. The molecule has 21 heavy (non-hydrogen) atoms. The zero-order valence-electron chi connectivity index (χ0n) is 11.8. The lowest BCUT2D eigenvalue weighted by atomic mass is 10.1. The van der Waals surface area contributed by atoms with E-state index in [1.54, 1.807) is 0 Å². The Labute approximate surface area is 127 Å². The fraction of sp³-hybridized carbons (Fsp3) is 0.333. The van der Waals surface area contributed by atoms with Crippen molar-refractivity contribution in [1.82, 2.24) is 10.3 Å². The number of aromatic nitrogens is 1. The first-order valence-electron chi connectivity index (χ1n) is 6.71. The molecule has 0 spiro atoms. The molecule has 2 aromatic rings. The molecule has 1 aromatic heterocycles. The summed E-state index contributed by atoms with van der Waals surface area (Å²) in [5.74, 6) is -0.342. The highest BCUT2D eigenvalue weighted by molar-refractivity contribution is 8.00. The lowest BCUT2D eigenvalue weighted by Gasteiger charge is -2.11. The fourth-order valence-electron chi connectivity index (χ4n) is 2.15. The van der Waals surface area contributed by atoms with E-state index < -0.39 is 11.2 Å². The fourth-order valence-corrected chi connectivity index (χ4v) is 3.09. The van der Waals surface area contributed by atoms with Crippen LogP contribution in [0.4, 0.5) is 0 Å². The van der Waals surface area contributed by atoms with Crippen molar-refractivity contribution < 1.29 is 14.7 Å². The van der Waals surface area contributed by atoms with E-state index in [0.717, 1.165) is 16.5 Å². The monoisotopic (exact) mass is 306 g/mol. The van der Waals surface area contributed by atoms with Crippen LogP contribution in [0, 0.1) is 0 Å². The van der Waals surface area contributed by atoms with Gasteiger partial charge in [-0.3, -0.25) is 9.59 Å². The molecule has 0 aliphatic rings. The molecule has 1 heterocycles. The molecule has 1 atom stereocenters. The second kappa shape index (κ2) is 7.17. The Morgan fingerprint density at radius 1 is 1.38 bits per heavy atom. The zero-order chi connectivity index (χ0) is 15.2. The molecule has 0 fully saturated rings. The van der Waals surface area contributed by atoms with Crippen LogP contribution in [-0.2, 0) is 16.0 Å². The van der Waals surface area contributed by atoms with Crippen LogP contribution in [-0.4, -0.2) is 39.5 Å². The second-order valence-corrected chi connectivity index (χ2v) is 6.05. The number of thioether (sulfide) groups is 1. The minimum Gasteiger partial charge on any atom is -0.480 e. The summed E-state index contributed by atoms with van der Waals surface area (Å²) in [6, 6.07) is 7.85. The van der Waals surface area contributed by atoms with Crippen molar-refractivity contribution in [2.45, 2.75) is 18.6 Å². The number of fused-ring (bicyclic) bond motifs is 1. The third-order valence-electron chi connectivity index (χ3n) is 3.15. The van der Waals surface area contributed by atoms with Gasteiger partial charge in [0.1, 0.15) is 5.25 Å². The van der Waals surface area contributed by atoms with Gasteiger partial charge in [-0.05, 0) is 18.1 Å². The molecule has 5 nitrogen and oxygen atoms in total. The molecule has 112 valence electrons. The maximum atomic E-state index is 11.4. The van der Waals surface area contributed by atoms with Crippen molar-refractivity contribution in [1.29, 1.82) is 0 Å². The van der Waals surface area contributed by atoms with E-state index in [1.165, 1.54) is 18.7 Å². The van der Waals surface area contributed by atoms with Crippen molar-refractivity contribution in [3.8, 4) is 0 Å². The van der Waals surface area contributed by atoms with Crippen LogP contribution in [0.25, 0.3) is 10.9 Å². The van der Waals surface area contributed by atoms with E-state index in [9.17, 15) is 14.7 Å². The normalized spacial score (nSPS) is 12.2. The number of nitrogens with one attached hydrogen (secondary N) is 2. The average Bonchev–Trinajstić information content (AvgIpc) is 2.85. The number of hydrogen-bond donors (Lipinski definition) is 3. The molecule has 2 rings (SSSR count). The van der Waals surface area contributed by atoms with Gasteiger partial charge in [-0.2, -0.15) is 0 Å². The van der Waals surface area contributed by atoms with Crippen LogP contribution in [0.2, 0.25) is 0 Å². The number of carbonyl (C=O) groups is 2. The summed E-state index contributed by atoms with van der Waals surface area (Å²) in [5, 5.41) is 12.5. The zero-order valence-corrected chi connectivity index (χ0v) is 12.6. The van der Waals surface area contributed by atoms with Crippen molar-refractivity contribution in [3.05, 3.63) is 36.0 Å². The van der Waals surface area contributed by atoms with E-state index in [2.05, 4.69) is 10.3 Å². The van der Waals surface area contributed by atoms with Gasteiger partial charge in [0.15, 0.2) is 0 Å². The van der Waals surface area contributed by atoms with Crippen molar-refractivity contribution in [2.75, 3.05) is 12.3 Å². The molecular weight excluding hydrogens is 288 g/mol. The minimum atomic E-state index is -0.826. The van der Waals surface area contributed by atoms with E-state index in [-0.39, 0.29) is 5.91 Å². The predicted octanol–water partition coefficient (Wildman–Crippen LogP) is 2.03. The molecule has 0 radical (unpaired) electrons. The van der Waals surface area contributed by atoms with Crippen molar-refractivity contribution >= 4 is 34.5 Å². The lowest BCUT2D eigenvalue weighted by Crippen LogP contribution is -2.25. The number of carbonyl (C=O) groups excluding carboxylic acids is 1. The maximum absolute atomic E-state index is 11.4. The highest BCUT2D eigenvalue weighted by Gasteiger charge is 2.20. The largest absolute Gasteiger partial charge is 0.480 e. The third kappa shape index (κ3) is 4.26. The molecule has 3 N–H and O–H groups in total. The van der Waals surface area contributed by atoms with Gasteiger partial charge >= 0.3 is 5.97 Å². The van der Waals surface area contributed by atoms with Gasteiger partial charge in [-0.25, -0.2) is 0 Å². The molecular formula is C15H18N2O3S. The quantitative estimate of drug-likeness (QED) is 0.684. The Balaban J connectivity index is 1.99. The first-order valence-corrected chi connectivity index (χ1v) is 7.76. The summed E-state index contributed by atoms with van der Waals surface area (Å²) >= 11 is 1.35. The average molecular weight is 306 g/mol. The Bertz CT molecular complexity index is 639. The molecule has 1 amide bonds. The van der Waals surface area contributed by atoms with Gasteiger partial charge in [0, 0.05) is 36.3 Å². The Hall–Kier alpha value is -1.95. The Morgan fingerprint density at radius 3 is 2.86 bits per heavy atom. The van der Waals surface area contributed by atoms with Crippen LogP contribution < -0.4 is 5.32 Å². The minimum absolute atomic E-state index is 0.0981. The number of amides is 1. The number of aromatic amines is 1. The lowest BCUT2D eigenvalue weighted by molar-refractivity contribution is -0.136. The molecule has 0 aliphatic heterocycles. The predicted molar refractivity (Wildman–Crippen MR) is 84.6 cm³/mol. The summed E-state index contributed by atoms with van der Waals surface area (Å²) in [7, 11) is 0. The van der Waals surface area contributed by atoms with Crippen LogP contribution in [0.15, 0.2) is 30.5 Å². The van der Waals surface area contributed by atoms with Gasteiger partial charge in [-0.1, -0.05) is 18.2 Å². The SMILES string of the molecule is CC(=O)NCCS[C@@H](Cc1c[nH]c2ccccc12)C(=O)O. The summed E-state index contributed by atoms with van der Waals surface area (Å²) < 4.78 is 0. The number of H-pyrrole nitrogens is 1. The maximum Gasteiger partial charge on any atom is 0.316 e. The van der Waals surface area contributed by atoms with Crippen molar-refractivity contribution in [3.63, 3.8) is 0 Å².